The SMILES string of the molecule is CCOC(=O)Nc1ccc(NC(C#N)=C(C#N)C#N)cc1OC. The number of rotatable bonds is 5. The maximum absolute atomic E-state index is 11.4. The van der Waals surface area contributed by atoms with Gasteiger partial charge in [0.2, 0.25) is 0 Å². The predicted molar refractivity (Wildman–Crippen MR) is 81.1 cm³/mol. The van der Waals surface area contributed by atoms with E-state index >= 15 is 0 Å². The molecule has 0 bridgehead atoms. The van der Waals surface area contributed by atoms with Crippen LogP contribution in [0.2, 0.25) is 0 Å². The summed E-state index contributed by atoms with van der Waals surface area (Å²) in [6.45, 7) is 1.91. The van der Waals surface area contributed by atoms with Crippen LogP contribution in [-0.4, -0.2) is 19.8 Å². The van der Waals surface area contributed by atoms with E-state index in [9.17, 15) is 4.79 Å². The summed E-state index contributed by atoms with van der Waals surface area (Å²) >= 11 is 0. The number of ether oxygens (including phenoxy) is 2. The van der Waals surface area contributed by atoms with E-state index in [-0.39, 0.29) is 17.9 Å². The molecule has 0 aliphatic rings. The Morgan fingerprint density at radius 1 is 1.17 bits per heavy atom. The Hall–Kier alpha value is -3.70. The lowest BCUT2D eigenvalue weighted by molar-refractivity contribution is 0.168. The van der Waals surface area contributed by atoms with Crippen LogP contribution in [0.15, 0.2) is 29.5 Å². The van der Waals surface area contributed by atoms with Gasteiger partial charge in [-0.1, -0.05) is 0 Å². The Kier molecular flexibility index (Phi) is 6.46. The number of hydrogen-bond acceptors (Lipinski definition) is 7. The van der Waals surface area contributed by atoms with E-state index in [1.807, 2.05) is 0 Å². The molecule has 0 spiro atoms. The first-order valence-corrected chi connectivity index (χ1v) is 6.43. The lowest BCUT2D eigenvalue weighted by atomic mass is 10.2. The normalized spacial score (nSPS) is 8.65. The molecule has 116 valence electrons. The fraction of sp³-hybridized carbons (Fsp3) is 0.200. The van der Waals surface area contributed by atoms with Gasteiger partial charge in [0, 0.05) is 11.8 Å². The molecule has 0 atom stereocenters. The van der Waals surface area contributed by atoms with Gasteiger partial charge < -0.3 is 14.8 Å². The Morgan fingerprint density at radius 2 is 1.87 bits per heavy atom. The second-order valence-electron chi connectivity index (χ2n) is 3.97. The van der Waals surface area contributed by atoms with Crippen LogP contribution in [0.1, 0.15) is 6.92 Å². The van der Waals surface area contributed by atoms with Crippen molar-refractivity contribution in [3.8, 4) is 24.0 Å². The van der Waals surface area contributed by atoms with E-state index in [4.69, 9.17) is 25.3 Å². The standard InChI is InChI=1S/C15H13N5O3/c1-3-23-15(21)20-12-5-4-11(6-14(12)22-2)19-13(9-18)10(7-16)8-17/h4-6,19H,3H2,1-2H3,(H,20,21). The highest BCUT2D eigenvalue weighted by Gasteiger charge is 2.11. The fourth-order valence-corrected chi connectivity index (χ4v) is 1.58. The lowest BCUT2D eigenvalue weighted by Crippen LogP contribution is -2.14. The minimum absolute atomic E-state index is 0.178. The van der Waals surface area contributed by atoms with Gasteiger partial charge in [-0.3, -0.25) is 5.32 Å². The van der Waals surface area contributed by atoms with E-state index in [0.29, 0.717) is 17.1 Å². The third-order valence-corrected chi connectivity index (χ3v) is 2.57. The second kappa shape index (κ2) is 8.56. The van der Waals surface area contributed by atoms with Crippen LogP contribution < -0.4 is 15.4 Å². The largest absolute Gasteiger partial charge is 0.494 e. The van der Waals surface area contributed by atoms with Crippen molar-refractivity contribution in [1.29, 1.82) is 15.8 Å². The van der Waals surface area contributed by atoms with Crippen molar-refractivity contribution >= 4 is 17.5 Å². The molecule has 0 radical (unpaired) electrons. The minimum Gasteiger partial charge on any atom is -0.494 e. The number of anilines is 2. The molecule has 0 aliphatic carbocycles. The minimum atomic E-state index is -0.625. The quantitative estimate of drug-likeness (QED) is 0.798. The van der Waals surface area contributed by atoms with Crippen LogP contribution in [-0.2, 0) is 4.74 Å². The summed E-state index contributed by atoms with van der Waals surface area (Å²) in [5.41, 5.74) is 0.277. The van der Waals surface area contributed by atoms with Crippen molar-refractivity contribution in [3.63, 3.8) is 0 Å². The molecule has 8 heteroatoms. The molecule has 0 aromatic heterocycles. The molecular formula is C15H13N5O3. The third kappa shape index (κ3) is 4.66. The number of methoxy groups -OCH3 is 1. The number of hydrogen-bond donors (Lipinski definition) is 2. The maximum Gasteiger partial charge on any atom is 0.411 e. The van der Waals surface area contributed by atoms with Gasteiger partial charge in [0.05, 0.1) is 19.4 Å². The molecule has 23 heavy (non-hydrogen) atoms. The number of carbonyl (C=O) groups excluding carboxylic acids is 1. The first kappa shape index (κ1) is 17.4. The van der Waals surface area contributed by atoms with Crippen molar-refractivity contribution in [3.05, 3.63) is 29.5 Å². The lowest BCUT2D eigenvalue weighted by Gasteiger charge is -2.12. The summed E-state index contributed by atoms with van der Waals surface area (Å²) in [7, 11) is 1.41. The highest BCUT2D eigenvalue weighted by atomic mass is 16.5. The molecule has 0 heterocycles. The van der Waals surface area contributed by atoms with Gasteiger partial charge in [-0.2, -0.15) is 15.8 Å². The van der Waals surface area contributed by atoms with Gasteiger partial charge in [-0.15, -0.1) is 0 Å². The zero-order valence-corrected chi connectivity index (χ0v) is 12.5. The van der Waals surface area contributed by atoms with E-state index in [0.717, 1.165) is 0 Å². The van der Waals surface area contributed by atoms with Gasteiger partial charge in [0.25, 0.3) is 0 Å². The fourth-order valence-electron chi connectivity index (χ4n) is 1.58. The number of allylic oxidation sites excluding steroid dienone is 2. The Balaban J connectivity index is 3.08. The molecule has 8 nitrogen and oxygen atoms in total. The van der Waals surface area contributed by atoms with Gasteiger partial charge in [0.1, 0.15) is 29.7 Å². The first-order chi connectivity index (χ1) is 11.1. The van der Waals surface area contributed by atoms with Crippen LogP contribution in [0.5, 0.6) is 5.75 Å². The smallest absolute Gasteiger partial charge is 0.411 e. The molecular weight excluding hydrogens is 298 g/mol. The van der Waals surface area contributed by atoms with E-state index in [1.165, 1.54) is 19.2 Å². The number of nitriles is 3. The molecule has 1 aromatic rings. The molecule has 0 saturated carbocycles. The summed E-state index contributed by atoms with van der Waals surface area (Å²) in [5.74, 6) is 0.316. The average molecular weight is 311 g/mol. The van der Waals surface area contributed by atoms with Crippen molar-refractivity contribution in [2.24, 2.45) is 0 Å². The summed E-state index contributed by atoms with van der Waals surface area (Å²) in [6, 6.07) is 9.60. The van der Waals surface area contributed by atoms with Crippen LogP contribution in [0.3, 0.4) is 0 Å². The van der Waals surface area contributed by atoms with Crippen LogP contribution in [0.4, 0.5) is 16.2 Å². The van der Waals surface area contributed by atoms with E-state index < -0.39 is 6.09 Å². The molecule has 0 unspecified atom stereocenters. The number of nitrogens with zero attached hydrogens (tertiary/aromatic N) is 3. The molecule has 2 N–H and O–H groups in total. The molecule has 1 aromatic carbocycles. The van der Waals surface area contributed by atoms with Gasteiger partial charge >= 0.3 is 6.09 Å². The second-order valence-corrected chi connectivity index (χ2v) is 3.97. The summed E-state index contributed by atoms with van der Waals surface area (Å²) in [6.07, 6.45) is -0.625. The number of carbonyl (C=O) groups is 1. The van der Waals surface area contributed by atoms with Gasteiger partial charge in [0.15, 0.2) is 5.57 Å². The molecule has 0 fully saturated rings. The monoisotopic (exact) mass is 311 g/mol. The summed E-state index contributed by atoms with van der Waals surface area (Å²) in [5, 5.41) is 31.8. The average Bonchev–Trinajstić information content (AvgIpc) is 2.56. The van der Waals surface area contributed by atoms with Crippen molar-refractivity contribution in [1.82, 2.24) is 0 Å². The summed E-state index contributed by atoms with van der Waals surface area (Å²) in [4.78, 5) is 11.4. The van der Waals surface area contributed by atoms with Gasteiger partial charge in [-0.05, 0) is 19.1 Å². The number of benzene rings is 1. The third-order valence-electron chi connectivity index (χ3n) is 2.57. The molecule has 1 rings (SSSR count). The highest BCUT2D eigenvalue weighted by Crippen LogP contribution is 2.28. The van der Waals surface area contributed by atoms with Crippen molar-refractivity contribution < 1.29 is 14.3 Å². The molecule has 0 saturated heterocycles. The number of nitrogens with one attached hydrogen (secondary N) is 2. The predicted octanol–water partition coefficient (Wildman–Crippen LogP) is 2.50. The Bertz CT molecular complexity index is 734. The zero-order valence-electron chi connectivity index (χ0n) is 12.5. The van der Waals surface area contributed by atoms with Gasteiger partial charge in [-0.25, -0.2) is 4.79 Å². The van der Waals surface area contributed by atoms with E-state index in [2.05, 4.69) is 10.6 Å². The van der Waals surface area contributed by atoms with Crippen LogP contribution in [0, 0.1) is 34.0 Å². The Morgan fingerprint density at radius 3 is 2.39 bits per heavy atom. The topological polar surface area (TPSA) is 131 Å². The highest BCUT2D eigenvalue weighted by molar-refractivity contribution is 5.87. The summed E-state index contributed by atoms with van der Waals surface area (Å²) < 4.78 is 9.93. The number of amides is 1. The maximum atomic E-state index is 11.4. The molecule has 0 aliphatic heterocycles. The van der Waals surface area contributed by atoms with Crippen molar-refractivity contribution in [2.45, 2.75) is 6.92 Å². The Labute approximate surface area is 133 Å². The molecule has 1 amide bonds. The zero-order chi connectivity index (χ0) is 17.2. The first-order valence-electron chi connectivity index (χ1n) is 6.43. The van der Waals surface area contributed by atoms with Crippen LogP contribution in [0.25, 0.3) is 0 Å². The van der Waals surface area contributed by atoms with E-state index in [1.54, 1.807) is 31.2 Å². The van der Waals surface area contributed by atoms with Crippen LogP contribution >= 0.6 is 0 Å². The van der Waals surface area contributed by atoms with Crippen molar-refractivity contribution in [2.75, 3.05) is 24.4 Å².